The van der Waals surface area contributed by atoms with Gasteiger partial charge in [0.15, 0.2) is 0 Å². The zero-order valence-electron chi connectivity index (χ0n) is 12.8. The van der Waals surface area contributed by atoms with Crippen LogP contribution in [0.2, 0.25) is 0 Å². The van der Waals surface area contributed by atoms with Gasteiger partial charge in [0.25, 0.3) is 0 Å². The smallest absolute Gasteiger partial charge is 0.0215 e. The summed E-state index contributed by atoms with van der Waals surface area (Å²) in [6.45, 7) is 4.46. The van der Waals surface area contributed by atoms with Gasteiger partial charge in [0.1, 0.15) is 0 Å². The van der Waals surface area contributed by atoms with Crippen LogP contribution in [0.1, 0.15) is 78.1 Å². The number of rotatable bonds is 8. The quantitative estimate of drug-likeness (QED) is 0.300. The fraction of sp³-hybridized carbons (Fsp3) is 0.882. The lowest BCUT2D eigenvalue weighted by Gasteiger charge is -2.15. The molecule has 1 unspecified atom stereocenters. The summed E-state index contributed by atoms with van der Waals surface area (Å²) >= 11 is 3.53. The molecule has 1 aliphatic carbocycles. The molecule has 1 atom stereocenters. The van der Waals surface area contributed by atoms with E-state index in [1.165, 1.54) is 64.2 Å². The highest BCUT2D eigenvalue weighted by molar-refractivity contribution is 7.79. The molecule has 0 spiro atoms. The molecule has 0 aliphatic heterocycles. The van der Waals surface area contributed by atoms with E-state index in [2.05, 4.69) is 38.6 Å². The number of thiol groups is 1. The van der Waals surface area contributed by atoms with Crippen LogP contribution in [-0.4, -0.2) is 6.26 Å². The molecule has 1 fully saturated rings. The Labute approximate surface area is 121 Å². The van der Waals surface area contributed by atoms with Crippen LogP contribution in [0.15, 0.2) is 12.2 Å². The Morgan fingerprint density at radius 2 is 1.78 bits per heavy atom. The van der Waals surface area contributed by atoms with E-state index in [0.29, 0.717) is 0 Å². The van der Waals surface area contributed by atoms with E-state index >= 15 is 0 Å². The Morgan fingerprint density at radius 3 is 2.33 bits per heavy atom. The van der Waals surface area contributed by atoms with E-state index in [-0.39, 0.29) is 0 Å². The first-order chi connectivity index (χ1) is 8.86. The number of hydrogen-bond acceptors (Lipinski definition) is 1. The maximum Gasteiger partial charge on any atom is -0.0215 e. The van der Waals surface area contributed by atoms with Crippen LogP contribution < -0.4 is 0 Å². The highest BCUT2D eigenvalue weighted by Crippen LogP contribution is 2.31. The SMILES string of the molecule is C/C=C\C(CCCCC)CCC1CCCC1.CS. The highest BCUT2D eigenvalue weighted by Gasteiger charge is 2.16. The third-order valence-corrected chi connectivity index (χ3v) is 4.06. The van der Waals surface area contributed by atoms with Gasteiger partial charge in [-0.1, -0.05) is 64.0 Å². The van der Waals surface area contributed by atoms with Gasteiger partial charge >= 0.3 is 0 Å². The lowest BCUT2D eigenvalue weighted by atomic mass is 9.91. The largest absolute Gasteiger partial charge is 0.183 e. The second-order valence-electron chi connectivity index (χ2n) is 5.51. The average molecular weight is 271 g/mol. The van der Waals surface area contributed by atoms with E-state index in [4.69, 9.17) is 0 Å². The summed E-state index contributed by atoms with van der Waals surface area (Å²) in [7, 11) is 0. The van der Waals surface area contributed by atoms with Crippen LogP contribution >= 0.6 is 12.6 Å². The summed E-state index contributed by atoms with van der Waals surface area (Å²) in [5.41, 5.74) is 0. The Bertz CT molecular complexity index is 180. The van der Waals surface area contributed by atoms with Gasteiger partial charge in [0.05, 0.1) is 0 Å². The maximum absolute atomic E-state index is 3.53. The van der Waals surface area contributed by atoms with Gasteiger partial charge in [-0.2, -0.15) is 12.6 Å². The van der Waals surface area contributed by atoms with Crippen molar-refractivity contribution >= 4 is 12.6 Å². The Balaban J connectivity index is 0.00000137. The van der Waals surface area contributed by atoms with Crippen molar-refractivity contribution in [1.82, 2.24) is 0 Å². The summed E-state index contributed by atoms with van der Waals surface area (Å²) in [5, 5.41) is 0. The normalized spacial score (nSPS) is 17.8. The molecule has 108 valence electrons. The van der Waals surface area contributed by atoms with Crippen molar-refractivity contribution < 1.29 is 0 Å². The van der Waals surface area contributed by atoms with Gasteiger partial charge in [0, 0.05) is 0 Å². The number of unbranched alkanes of at least 4 members (excludes halogenated alkanes) is 2. The molecule has 0 amide bonds. The molecule has 18 heavy (non-hydrogen) atoms. The predicted molar refractivity (Wildman–Crippen MR) is 88.5 cm³/mol. The van der Waals surface area contributed by atoms with Crippen LogP contribution in [0.5, 0.6) is 0 Å². The lowest BCUT2D eigenvalue weighted by Crippen LogP contribution is -2.01. The van der Waals surface area contributed by atoms with E-state index in [1.54, 1.807) is 6.26 Å². The molecule has 0 aromatic carbocycles. The Hall–Kier alpha value is 0.0900. The molecule has 0 aromatic heterocycles. The minimum absolute atomic E-state index is 0.872. The molecule has 0 saturated heterocycles. The molecular weight excluding hydrogens is 236 g/mol. The van der Waals surface area contributed by atoms with E-state index in [0.717, 1.165) is 11.8 Å². The van der Waals surface area contributed by atoms with Crippen molar-refractivity contribution in [3.63, 3.8) is 0 Å². The zero-order chi connectivity index (χ0) is 13.6. The zero-order valence-corrected chi connectivity index (χ0v) is 13.7. The summed E-state index contributed by atoms with van der Waals surface area (Å²) in [6, 6.07) is 0. The van der Waals surface area contributed by atoms with Crippen molar-refractivity contribution in [2.75, 3.05) is 6.26 Å². The van der Waals surface area contributed by atoms with Crippen LogP contribution in [0.3, 0.4) is 0 Å². The van der Waals surface area contributed by atoms with Gasteiger partial charge in [-0.25, -0.2) is 0 Å². The van der Waals surface area contributed by atoms with E-state index < -0.39 is 0 Å². The van der Waals surface area contributed by atoms with Crippen LogP contribution in [0.25, 0.3) is 0 Å². The highest BCUT2D eigenvalue weighted by atomic mass is 32.1. The third kappa shape index (κ3) is 9.08. The summed E-state index contributed by atoms with van der Waals surface area (Å²) in [5.74, 6) is 1.94. The standard InChI is InChI=1S/C16H30.CH4S/c1-3-5-6-10-15(9-4-2)13-14-16-11-7-8-12-16;1-2/h4,9,15-16H,3,5-8,10-14H2,1-2H3;2H,1H3/b9-4-;. The molecule has 0 aromatic rings. The maximum atomic E-state index is 3.53. The predicted octanol–water partition coefficient (Wildman–Crippen LogP) is 6.28. The Morgan fingerprint density at radius 1 is 1.11 bits per heavy atom. The molecular formula is C17H34S. The van der Waals surface area contributed by atoms with Crippen LogP contribution in [0.4, 0.5) is 0 Å². The fourth-order valence-corrected chi connectivity index (χ4v) is 3.01. The van der Waals surface area contributed by atoms with Crippen molar-refractivity contribution in [1.29, 1.82) is 0 Å². The second kappa shape index (κ2) is 13.5. The number of allylic oxidation sites excluding steroid dienone is 2. The molecule has 0 bridgehead atoms. The topological polar surface area (TPSA) is 0 Å². The third-order valence-electron chi connectivity index (χ3n) is 4.06. The van der Waals surface area contributed by atoms with E-state index in [9.17, 15) is 0 Å². The second-order valence-corrected chi connectivity index (χ2v) is 5.51. The van der Waals surface area contributed by atoms with Gasteiger partial charge in [-0.05, 0) is 44.3 Å². The van der Waals surface area contributed by atoms with Crippen molar-refractivity contribution in [3.05, 3.63) is 12.2 Å². The molecule has 1 heteroatoms. The van der Waals surface area contributed by atoms with Gasteiger partial charge in [-0.3, -0.25) is 0 Å². The van der Waals surface area contributed by atoms with Gasteiger partial charge in [-0.15, -0.1) is 0 Å². The molecule has 0 heterocycles. The van der Waals surface area contributed by atoms with Crippen LogP contribution in [0, 0.1) is 11.8 Å². The number of hydrogen-bond donors (Lipinski definition) is 1. The first-order valence-corrected chi connectivity index (χ1v) is 8.83. The Kier molecular flexibility index (Phi) is 13.6. The van der Waals surface area contributed by atoms with Crippen molar-refractivity contribution in [2.45, 2.75) is 78.1 Å². The molecule has 1 rings (SSSR count). The molecule has 0 radical (unpaired) electrons. The van der Waals surface area contributed by atoms with Crippen molar-refractivity contribution in [2.24, 2.45) is 11.8 Å². The van der Waals surface area contributed by atoms with Crippen molar-refractivity contribution in [3.8, 4) is 0 Å². The minimum Gasteiger partial charge on any atom is -0.183 e. The average Bonchev–Trinajstić information content (AvgIpc) is 2.92. The molecule has 0 nitrogen and oxygen atoms in total. The van der Waals surface area contributed by atoms with E-state index in [1.807, 2.05) is 0 Å². The first kappa shape index (κ1) is 18.1. The van der Waals surface area contributed by atoms with Crippen LogP contribution in [-0.2, 0) is 0 Å². The molecule has 1 aliphatic rings. The summed E-state index contributed by atoms with van der Waals surface area (Å²) in [6.07, 6.45) is 21.0. The minimum atomic E-state index is 0.872. The molecule has 1 saturated carbocycles. The molecule has 0 N–H and O–H groups in total. The summed E-state index contributed by atoms with van der Waals surface area (Å²) in [4.78, 5) is 0. The lowest BCUT2D eigenvalue weighted by molar-refractivity contribution is 0.414. The first-order valence-electron chi connectivity index (χ1n) is 7.94. The monoisotopic (exact) mass is 270 g/mol. The summed E-state index contributed by atoms with van der Waals surface area (Å²) < 4.78 is 0. The fourth-order valence-electron chi connectivity index (χ4n) is 3.01. The van der Waals surface area contributed by atoms with Gasteiger partial charge < -0.3 is 0 Å². The van der Waals surface area contributed by atoms with Gasteiger partial charge in [0.2, 0.25) is 0 Å².